The second-order valence-electron chi connectivity index (χ2n) is 8.83. The number of phenolic OH excluding ortho intramolecular Hbond substituents is 1. The van der Waals surface area contributed by atoms with E-state index in [1.807, 2.05) is 48.4 Å². The van der Waals surface area contributed by atoms with E-state index in [2.05, 4.69) is 24.9 Å². The number of aromatic hydroxyl groups is 1. The lowest BCUT2D eigenvalue weighted by atomic mass is 10.1. The smallest absolute Gasteiger partial charge is 0.154 e. The molecule has 0 aliphatic carbocycles. The van der Waals surface area contributed by atoms with E-state index in [1.54, 1.807) is 70.5 Å². The Kier molecular flexibility index (Phi) is 12.3. The summed E-state index contributed by atoms with van der Waals surface area (Å²) >= 11 is 8.37. The Balaban J connectivity index is 0.000000139. The zero-order valence-corrected chi connectivity index (χ0v) is 25.8. The highest BCUT2D eigenvalue weighted by Gasteiger charge is 2.18. The molecule has 0 bridgehead atoms. The van der Waals surface area contributed by atoms with Gasteiger partial charge in [-0.3, -0.25) is 24.9 Å². The first-order chi connectivity index (χ1) is 19.4. The minimum Gasteiger partial charge on any atom is -0.508 e. The molecule has 0 radical (unpaired) electrons. The average Bonchev–Trinajstić information content (AvgIpc) is 3.77. The third-order valence-corrected chi connectivity index (χ3v) is 10.4. The van der Waals surface area contributed by atoms with Crippen molar-refractivity contribution in [3.05, 3.63) is 70.9 Å². The first kappa shape index (κ1) is 30.6. The van der Waals surface area contributed by atoms with Gasteiger partial charge in [-0.1, -0.05) is 47.4 Å². The van der Waals surface area contributed by atoms with E-state index in [0.29, 0.717) is 29.0 Å². The van der Waals surface area contributed by atoms with Gasteiger partial charge in [-0.2, -0.15) is 0 Å². The van der Waals surface area contributed by atoms with Crippen molar-refractivity contribution in [2.24, 2.45) is 32.2 Å². The molecule has 2 aromatic heterocycles. The van der Waals surface area contributed by atoms with E-state index in [9.17, 15) is 0 Å². The molecule has 212 valence electrons. The number of thiazole rings is 1. The van der Waals surface area contributed by atoms with Crippen molar-refractivity contribution in [2.75, 3.05) is 23.0 Å². The number of nitrogens with two attached hydrogens (primary N) is 3. The fourth-order valence-electron chi connectivity index (χ4n) is 3.71. The molecule has 0 saturated carbocycles. The molecule has 3 aliphatic heterocycles. The van der Waals surface area contributed by atoms with Gasteiger partial charge in [0.15, 0.2) is 15.5 Å². The van der Waals surface area contributed by atoms with Crippen LogP contribution in [0, 0.1) is 0 Å². The van der Waals surface area contributed by atoms with Crippen LogP contribution >= 0.6 is 58.4 Å². The average molecular weight is 633 g/mol. The number of nitrogens with zero attached hydrogens (tertiary/aromatic N) is 5. The highest BCUT2D eigenvalue weighted by Crippen LogP contribution is 2.24. The SMILES string of the molecule is NC1=NC(CSc2ccncc2)CS1.NC1=NC(Cc2ccc(O)cc2)CS1.NC1=NC(Cc2cncs2)CS1. The molecule has 5 heterocycles. The minimum absolute atomic E-state index is 0.296. The quantitative estimate of drug-likeness (QED) is 0.279. The van der Waals surface area contributed by atoms with Crippen LogP contribution in [-0.2, 0) is 12.8 Å². The van der Waals surface area contributed by atoms with E-state index in [4.69, 9.17) is 22.3 Å². The number of aromatic nitrogens is 2. The fraction of sp³-hybridized carbons (Fsp3) is 0.346. The van der Waals surface area contributed by atoms with Crippen molar-refractivity contribution < 1.29 is 5.11 Å². The van der Waals surface area contributed by atoms with Crippen LogP contribution < -0.4 is 17.2 Å². The Labute approximate surface area is 255 Å². The maximum Gasteiger partial charge on any atom is 0.154 e. The van der Waals surface area contributed by atoms with Gasteiger partial charge in [-0.25, -0.2) is 0 Å². The van der Waals surface area contributed by atoms with E-state index in [1.165, 1.54) is 15.3 Å². The van der Waals surface area contributed by atoms with E-state index in [0.717, 1.165) is 46.2 Å². The number of pyridine rings is 1. The van der Waals surface area contributed by atoms with Crippen molar-refractivity contribution in [1.29, 1.82) is 0 Å². The van der Waals surface area contributed by atoms with E-state index < -0.39 is 0 Å². The summed E-state index contributed by atoms with van der Waals surface area (Å²) in [4.78, 5) is 23.4. The number of aliphatic imine (C=N–C) groups is 3. The van der Waals surface area contributed by atoms with Gasteiger partial charge in [0.05, 0.1) is 23.6 Å². The highest BCUT2D eigenvalue weighted by atomic mass is 32.2. The summed E-state index contributed by atoms with van der Waals surface area (Å²) in [5.41, 5.74) is 19.8. The lowest BCUT2D eigenvalue weighted by Gasteiger charge is -2.05. The molecule has 14 heteroatoms. The first-order valence-corrected chi connectivity index (χ1v) is 17.3. The molecule has 1 aromatic carbocycles. The zero-order chi connectivity index (χ0) is 28.2. The topological polar surface area (TPSA) is 161 Å². The maximum absolute atomic E-state index is 9.11. The number of amidine groups is 3. The summed E-state index contributed by atoms with van der Waals surface area (Å²) < 4.78 is 0. The van der Waals surface area contributed by atoms with Crippen LogP contribution in [0.15, 0.2) is 80.4 Å². The molecule has 3 aromatic rings. The van der Waals surface area contributed by atoms with E-state index in [-0.39, 0.29) is 0 Å². The Morgan fingerprint density at radius 3 is 1.85 bits per heavy atom. The van der Waals surface area contributed by atoms with Gasteiger partial charge in [-0.15, -0.1) is 23.1 Å². The van der Waals surface area contributed by atoms with Crippen LogP contribution in [-0.4, -0.2) is 71.7 Å². The molecular weight excluding hydrogens is 601 g/mol. The zero-order valence-electron chi connectivity index (χ0n) is 21.7. The third-order valence-electron chi connectivity index (χ3n) is 5.62. The largest absolute Gasteiger partial charge is 0.508 e. The van der Waals surface area contributed by atoms with Gasteiger partial charge < -0.3 is 22.3 Å². The summed E-state index contributed by atoms with van der Waals surface area (Å²) in [6.07, 6.45) is 7.40. The number of hydrogen-bond donors (Lipinski definition) is 4. The number of hydrogen-bond acceptors (Lipinski definition) is 14. The Hall–Kier alpha value is -2.39. The molecule has 0 saturated heterocycles. The minimum atomic E-state index is 0.296. The molecule has 9 nitrogen and oxygen atoms in total. The lowest BCUT2D eigenvalue weighted by Crippen LogP contribution is -2.08. The lowest BCUT2D eigenvalue weighted by molar-refractivity contribution is 0.475. The normalized spacial score (nSPS) is 21.4. The van der Waals surface area contributed by atoms with Crippen LogP contribution in [0.5, 0.6) is 5.75 Å². The van der Waals surface area contributed by atoms with Crippen molar-refractivity contribution >= 4 is 73.9 Å². The summed E-state index contributed by atoms with van der Waals surface area (Å²) in [6.45, 7) is 0. The van der Waals surface area contributed by atoms with Gasteiger partial charge >= 0.3 is 0 Å². The number of benzene rings is 1. The molecule has 0 spiro atoms. The van der Waals surface area contributed by atoms with Crippen molar-refractivity contribution in [3.63, 3.8) is 0 Å². The maximum atomic E-state index is 9.11. The Morgan fingerprint density at radius 2 is 1.32 bits per heavy atom. The van der Waals surface area contributed by atoms with Gasteiger partial charge in [0.2, 0.25) is 0 Å². The van der Waals surface area contributed by atoms with Crippen molar-refractivity contribution in [3.8, 4) is 5.75 Å². The fourth-order valence-corrected chi connectivity index (χ4v) is 7.75. The molecule has 0 amide bonds. The summed E-state index contributed by atoms with van der Waals surface area (Å²) in [5.74, 6) is 4.30. The Morgan fingerprint density at radius 1 is 0.750 bits per heavy atom. The molecule has 0 fully saturated rings. The first-order valence-electron chi connectivity index (χ1n) is 12.5. The van der Waals surface area contributed by atoms with Crippen molar-refractivity contribution in [2.45, 2.75) is 35.9 Å². The predicted octanol–water partition coefficient (Wildman–Crippen LogP) is 4.08. The molecular formula is C26H32N8OS5. The molecule has 3 unspecified atom stereocenters. The predicted molar refractivity (Wildman–Crippen MR) is 176 cm³/mol. The van der Waals surface area contributed by atoms with Gasteiger partial charge in [0.25, 0.3) is 0 Å². The van der Waals surface area contributed by atoms with Gasteiger partial charge in [0.1, 0.15) is 5.75 Å². The second kappa shape index (κ2) is 16.2. The van der Waals surface area contributed by atoms with Gasteiger partial charge in [-0.05, 0) is 36.2 Å². The number of rotatable bonds is 7. The third kappa shape index (κ3) is 10.9. The number of phenols is 1. The summed E-state index contributed by atoms with van der Waals surface area (Å²) in [6, 6.07) is 12.3. The number of thioether (sulfide) groups is 4. The molecule has 40 heavy (non-hydrogen) atoms. The monoisotopic (exact) mass is 632 g/mol. The van der Waals surface area contributed by atoms with Crippen LogP contribution in [0.1, 0.15) is 10.4 Å². The molecule has 6 rings (SSSR count). The van der Waals surface area contributed by atoms with E-state index >= 15 is 0 Å². The molecule has 7 N–H and O–H groups in total. The van der Waals surface area contributed by atoms with Crippen LogP contribution in [0.4, 0.5) is 0 Å². The molecule has 3 atom stereocenters. The summed E-state index contributed by atoms with van der Waals surface area (Å²) in [7, 11) is 0. The Bertz CT molecular complexity index is 1270. The van der Waals surface area contributed by atoms with Crippen LogP contribution in [0.3, 0.4) is 0 Å². The van der Waals surface area contributed by atoms with Crippen LogP contribution in [0.2, 0.25) is 0 Å². The van der Waals surface area contributed by atoms with Crippen LogP contribution in [0.25, 0.3) is 0 Å². The molecule has 3 aliphatic rings. The van der Waals surface area contributed by atoms with Crippen molar-refractivity contribution in [1.82, 2.24) is 9.97 Å². The van der Waals surface area contributed by atoms with Gasteiger partial charge in [0, 0.05) is 57.8 Å². The standard InChI is InChI=1S/C10H12N2OS.C9H11N3S2.C7H9N3S2/c11-10-12-8(6-14-10)5-7-1-3-9(13)4-2-7;10-9-12-7(6-14-9)5-13-8-1-3-11-4-2-8;8-7-10-5(3-11-7)1-6-2-9-4-12-6/h1-4,8,13H,5-6H2,(H2,11,12);1-4,7H,5-6H2,(H2,10,12);2,4-5H,1,3H2,(H2,8,10). The highest BCUT2D eigenvalue weighted by molar-refractivity contribution is 8.14. The second-order valence-corrected chi connectivity index (χ2v) is 14.0. The summed E-state index contributed by atoms with van der Waals surface area (Å²) in [5, 5.41) is 11.3.